The molecule has 1 aromatic rings. The molecule has 1 atom stereocenters. The fourth-order valence-corrected chi connectivity index (χ4v) is 2.65. The van der Waals surface area contributed by atoms with Gasteiger partial charge in [-0.25, -0.2) is 0 Å². The first-order valence-electron chi connectivity index (χ1n) is 5.80. The quantitative estimate of drug-likeness (QED) is 0.744. The Morgan fingerprint density at radius 1 is 1.41 bits per heavy atom. The van der Waals surface area contributed by atoms with Crippen LogP contribution in [0.25, 0.3) is 0 Å². The third-order valence-corrected chi connectivity index (χ3v) is 3.51. The van der Waals surface area contributed by atoms with Gasteiger partial charge in [0.1, 0.15) is 23.2 Å². The van der Waals surface area contributed by atoms with Gasteiger partial charge in [-0.15, -0.1) is 0 Å². The Kier molecular flexibility index (Phi) is 2.21. The van der Waals surface area contributed by atoms with Gasteiger partial charge < -0.3 is 9.47 Å². The number of allylic oxidation sites excluding steroid dienone is 1. The molecule has 2 aliphatic rings. The molecule has 0 fully saturated rings. The molecule has 0 saturated carbocycles. The van der Waals surface area contributed by atoms with Gasteiger partial charge in [-0.3, -0.25) is 4.79 Å². The minimum Gasteiger partial charge on any atom is -0.496 e. The predicted molar refractivity (Wildman–Crippen MR) is 63.7 cm³/mol. The van der Waals surface area contributed by atoms with Crippen molar-refractivity contribution in [2.45, 2.75) is 25.9 Å². The van der Waals surface area contributed by atoms with Crippen LogP contribution in [0.3, 0.4) is 0 Å². The second kappa shape index (κ2) is 3.62. The molecular weight excluding hydrogens is 216 g/mol. The number of Topliss-reactive ketones (excluding diaryl/α,β-unsaturated/α-hetero) is 1. The van der Waals surface area contributed by atoms with Crippen molar-refractivity contribution in [3.8, 4) is 11.5 Å². The summed E-state index contributed by atoms with van der Waals surface area (Å²) in [4.78, 5) is 12.5. The molecule has 1 heterocycles. The molecular formula is C14H14O3. The zero-order valence-electron chi connectivity index (χ0n) is 9.95. The predicted octanol–water partition coefficient (Wildman–Crippen LogP) is 2.75. The molecule has 0 spiro atoms. The number of rotatable bonds is 1. The zero-order valence-corrected chi connectivity index (χ0v) is 9.95. The summed E-state index contributed by atoms with van der Waals surface area (Å²) in [6.45, 7) is 2.01. The number of carbonyl (C=O) groups excluding carboxylic acids is 1. The first kappa shape index (κ1) is 10.4. The van der Waals surface area contributed by atoms with Crippen LogP contribution in [0.5, 0.6) is 11.5 Å². The maximum atomic E-state index is 12.5. The summed E-state index contributed by atoms with van der Waals surface area (Å²) in [6, 6.07) is 5.48. The normalized spacial score (nSPS) is 22.0. The third-order valence-electron chi connectivity index (χ3n) is 3.51. The fourth-order valence-electron chi connectivity index (χ4n) is 2.65. The third kappa shape index (κ3) is 1.38. The summed E-state index contributed by atoms with van der Waals surface area (Å²) in [5.41, 5.74) is 2.56. The van der Waals surface area contributed by atoms with Crippen LogP contribution >= 0.6 is 0 Å². The highest BCUT2D eigenvalue weighted by Crippen LogP contribution is 2.42. The SMILES string of the molecule is COc1cccc2c1C(=O)C1=C(C)CCC1O2. The van der Waals surface area contributed by atoms with Crippen molar-refractivity contribution in [3.05, 3.63) is 34.9 Å². The lowest BCUT2D eigenvalue weighted by Gasteiger charge is -2.25. The smallest absolute Gasteiger partial charge is 0.200 e. The number of fused-ring (bicyclic) bond motifs is 2. The number of ether oxygens (including phenoxy) is 2. The molecule has 1 unspecified atom stereocenters. The summed E-state index contributed by atoms with van der Waals surface area (Å²) in [5.74, 6) is 1.32. The zero-order chi connectivity index (χ0) is 12.0. The Balaban J connectivity index is 2.19. The van der Waals surface area contributed by atoms with Gasteiger partial charge in [0, 0.05) is 5.57 Å². The van der Waals surface area contributed by atoms with Gasteiger partial charge in [0.05, 0.1) is 7.11 Å². The fraction of sp³-hybridized carbons (Fsp3) is 0.357. The highest BCUT2D eigenvalue weighted by Gasteiger charge is 2.38. The van der Waals surface area contributed by atoms with Crippen molar-refractivity contribution >= 4 is 5.78 Å². The Labute approximate surface area is 100 Å². The van der Waals surface area contributed by atoms with E-state index in [1.807, 2.05) is 19.1 Å². The highest BCUT2D eigenvalue weighted by molar-refractivity contribution is 6.14. The lowest BCUT2D eigenvalue weighted by atomic mass is 9.95. The lowest BCUT2D eigenvalue weighted by molar-refractivity contribution is 0.0961. The van der Waals surface area contributed by atoms with Crippen molar-refractivity contribution in [2.75, 3.05) is 7.11 Å². The Morgan fingerprint density at radius 2 is 2.24 bits per heavy atom. The van der Waals surface area contributed by atoms with Crippen molar-refractivity contribution in [3.63, 3.8) is 0 Å². The molecule has 3 nitrogen and oxygen atoms in total. The Hall–Kier alpha value is -1.77. The van der Waals surface area contributed by atoms with Gasteiger partial charge in [0.25, 0.3) is 0 Å². The van der Waals surface area contributed by atoms with Crippen LogP contribution in [0.2, 0.25) is 0 Å². The van der Waals surface area contributed by atoms with Gasteiger partial charge in [0.2, 0.25) is 0 Å². The molecule has 0 radical (unpaired) electrons. The van der Waals surface area contributed by atoms with Crippen LogP contribution in [-0.4, -0.2) is 19.0 Å². The van der Waals surface area contributed by atoms with E-state index in [1.54, 1.807) is 13.2 Å². The van der Waals surface area contributed by atoms with Gasteiger partial charge in [-0.2, -0.15) is 0 Å². The minimum absolute atomic E-state index is 0.0536. The standard InChI is InChI=1S/C14H14O3/c1-8-6-7-11-12(8)14(15)13-9(16-2)4-3-5-10(13)17-11/h3-5,11H,6-7H2,1-2H3. The molecule has 0 aromatic heterocycles. The van der Waals surface area contributed by atoms with Crippen LogP contribution in [0, 0.1) is 0 Å². The maximum absolute atomic E-state index is 12.5. The molecule has 1 aliphatic heterocycles. The lowest BCUT2D eigenvalue weighted by Crippen LogP contribution is -2.28. The van der Waals surface area contributed by atoms with Crippen molar-refractivity contribution < 1.29 is 14.3 Å². The van der Waals surface area contributed by atoms with E-state index in [1.165, 1.54) is 0 Å². The summed E-state index contributed by atoms with van der Waals surface area (Å²) in [7, 11) is 1.57. The minimum atomic E-state index is -0.0536. The Bertz CT molecular complexity index is 528. The van der Waals surface area contributed by atoms with Crippen molar-refractivity contribution in [2.24, 2.45) is 0 Å². The van der Waals surface area contributed by atoms with Crippen molar-refractivity contribution in [1.29, 1.82) is 0 Å². The largest absolute Gasteiger partial charge is 0.496 e. The second-order valence-electron chi connectivity index (χ2n) is 4.50. The number of benzene rings is 1. The molecule has 88 valence electrons. The number of hydrogen-bond donors (Lipinski definition) is 0. The first-order valence-corrected chi connectivity index (χ1v) is 5.80. The number of carbonyl (C=O) groups is 1. The molecule has 0 saturated heterocycles. The van der Waals surface area contributed by atoms with E-state index in [0.717, 1.165) is 24.0 Å². The summed E-state index contributed by atoms with van der Waals surface area (Å²) < 4.78 is 11.1. The van der Waals surface area contributed by atoms with Crippen LogP contribution in [0.1, 0.15) is 30.1 Å². The van der Waals surface area contributed by atoms with E-state index in [-0.39, 0.29) is 11.9 Å². The van der Waals surface area contributed by atoms with Crippen LogP contribution in [-0.2, 0) is 0 Å². The number of ketones is 1. The van der Waals surface area contributed by atoms with Crippen LogP contribution in [0.4, 0.5) is 0 Å². The highest BCUT2D eigenvalue weighted by atomic mass is 16.5. The van der Waals surface area contributed by atoms with Gasteiger partial charge in [-0.1, -0.05) is 11.6 Å². The monoisotopic (exact) mass is 230 g/mol. The van der Waals surface area contributed by atoms with Crippen LogP contribution < -0.4 is 9.47 Å². The molecule has 0 amide bonds. The summed E-state index contributed by atoms with van der Waals surface area (Å²) in [6.07, 6.45) is 1.80. The molecule has 1 aromatic carbocycles. The molecule has 17 heavy (non-hydrogen) atoms. The second-order valence-corrected chi connectivity index (χ2v) is 4.50. The van der Waals surface area contributed by atoms with E-state index in [9.17, 15) is 4.79 Å². The summed E-state index contributed by atoms with van der Waals surface area (Å²) in [5, 5.41) is 0. The first-order chi connectivity index (χ1) is 8.22. The van der Waals surface area contributed by atoms with E-state index >= 15 is 0 Å². The van der Waals surface area contributed by atoms with E-state index in [2.05, 4.69) is 0 Å². The molecule has 0 N–H and O–H groups in total. The van der Waals surface area contributed by atoms with Gasteiger partial charge >= 0.3 is 0 Å². The van der Waals surface area contributed by atoms with Crippen LogP contribution in [0.15, 0.2) is 29.3 Å². The van der Waals surface area contributed by atoms with Crippen molar-refractivity contribution in [1.82, 2.24) is 0 Å². The topological polar surface area (TPSA) is 35.5 Å². The molecule has 1 aliphatic carbocycles. The average molecular weight is 230 g/mol. The number of methoxy groups -OCH3 is 1. The van der Waals surface area contributed by atoms with Gasteiger partial charge in [-0.05, 0) is 31.9 Å². The van der Waals surface area contributed by atoms with Gasteiger partial charge in [0.15, 0.2) is 5.78 Å². The number of hydrogen-bond acceptors (Lipinski definition) is 3. The molecule has 3 heteroatoms. The maximum Gasteiger partial charge on any atom is 0.200 e. The summed E-state index contributed by atoms with van der Waals surface area (Å²) >= 11 is 0. The Morgan fingerprint density at radius 3 is 3.00 bits per heavy atom. The van der Waals surface area contributed by atoms with E-state index in [0.29, 0.717) is 17.1 Å². The molecule has 3 rings (SSSR count). The van der Waals surface area contributed by atoms with E-state index < -0.39 is 0 Å². The molecule has 0 bridgehead atoms. The van der Waals surface area contributed by atoms with E-state index in [4.69, 9.17) is 9.47 Å². The average Bonchev–Trinajstić information content (AvgIpc) is 2.70.